The van der Waals surface area contributed by atoms with Gasteiger partial charge in [-0.3, -0.25) is 9.10 Å². The van der Waals surface area contributed by atoms with Crippen LogP contribution in [0.3, 0.4) is 0 Å². The maximum atomic E-state index is 12.7. The monoisotopic (exact) mass is 454 g/mol. The highest BCUT2D eigenvalue weighted by Crippen LogP contribution is 2.55. The summed E-state index contributed by atoms with van der Waals surface area (Å²) in [5.41, 5.74) is 0.469. The number of methoxy groups -OCH3 is 1. The average Bonchev–Trinajstić information content (AvgIpc) is 2.62. The van der Waals surface area contributed by atoms with Crippen molar-refractivity contribution in [3.63, 3.8) is 0 Å². The van der Waals surface area contributed by atoms with Gasteiger partial charge < -0.3 is 10.1 Å². The fourth-order valence-electron chi connectivity index (χ4n) is 6.30. The summed E-state index contributed by atoms with van der Waals surface area (Å²) in [5.74, 6) is 2.85. The molecule has 0 heterocycles. The van der Waals surface area contributed by atoms with Crippen molar-refractivity contribution in [2.75, 3.05) is 24.2 Å². The van der Waals surface area contributed by atoms with Gasteiger partial charge in [-0.1, -0.05) is 11.6 Å². The fraction of sp³-hybridized carbons (Fsp3) is 0.682. The van der Waals surface area contributed by atoms with Gasteiger partial charge in [0, 0.05) is 18.5 Å². The molecule has 4 aliphatic carbocycles. The predicted octanol–water partition coefficient (Wildman–Crippen LogP) is 3.98. The molecule has 0 aromatic heterocycles. The molecule has 1 aromatic rings. The van der Waals surface area contributed by atoms with Gasteiger partial charge in [0.15, 0.2) is 0 Å². The van der Waals surface area contributed by atoms with Crippen LogP contribution in [0.1, 0.15) is 51.4 Å². The molecule has 0 atom stereocenters. The number of hydrogen-bond donors (Lipinski definition) is 1. The summed E-state index contributed by atoms with van der Waals surface area (Å²) < 4.78 is 31.1. The number of anilines is 1. The first-order valence-electron chi connectivity index (χ1n) is 10.8. The van der Waals surface area contributed by atoms with Crippen LogP contribution >= 0.6 is 11.6 Å². The van der Waals surface area contributed by atoms with E-state index < -0.39 is 10.0 Å². The highest BCUT2D eigenvalue weighted by atomic mass is 35.5. The number of ether oxygens (including phenoxy) is 1. The molecular weight excluding hydrogens is 424 g/mol. The zero-order valence-electron chi connectivity index (χ0n) is 17.7. The number of carbonyl (C=O) groups excluding carboxylic acids is 1. The second-order valence-corrected chi connectivity index (χ2v) is 11.8. The van der Waals surface area contributed by atoms with Crippen LogP contribution in [0.4, 0.5) is 5.69 Å². The van der Waals surface area contributed by atoms with Gasteiger partial charge in [-0.05, 0) is 80.9 Å². The average molecular weight is 455 g/mol. The number of amides is 1. The Hall–Kier alpha value is -1.47. The zero-order chi connectivity index (χ0) is 21.5. The normalized spacial score (nSPS) is 29.6. The topological polar surface area (TPSA) is 75.7 Å². The van der Waals surface area contributed by atoms with Crippen molar-refractivity contribution in [3.05, 3.63) is 23.2 Å². The number of carbonyl (C=O) groups is 1. The molecule has 0 unspecified atom stereocenters. The van der Waals surface area contributed by atoms with Crippen molar-refractivity contribution in [3.8, 4) is 5.75 Å². The smallest absolute Gasteiger partial charge is 0.232 e. The van der Waals surface area contributed by atoms with E-state index in [1.54, 1.807) is 18.2 Å². The van der Waals surface area contributed by atoms with E-state index in [2.05, 4.69) is 5.32 Å². The minimum absolute atomic E-state index is 0.00807. The number of benzene rings is 1. The second-order valence-electron chi connectivity index (χ2n) is 9.50. The molecular formula is C22H31ClN2O4S. The van der Waals surface area contributed by atoms with Crippen molar-refractivity contribution in [2.24, 2.45) is 17.8 Å². The first-order valence-corrected chi connectivity index (χ1v) is 13.0. The molecule has 5 rings (SSSR count). The van der Waals surface area contributed by atoms with Gasteiger partial charge in [0.25, 0.3) is 0 Å². The van der Waals surface area contributed by atoms with Crippen LogP contribution < -0.4 is 14.4 Å². The van der Waals surface area contributed by atoms with E-state index in [1.165, 1.54) is 36.9 Å². The van der Waals surface area contributed by atoms with Gasteiger partial charge in [-0.2, -0.15) is 0 Å². The van der Waals surface area contributed by atoms with Gasteiger partial charge in [-0.25, -0.2) is 8.42 Å². The van der Waals surface area contributed by atoms with E-state index >= 15 is 0 Å². The van der Waals surface area contributed by atoms with Crippen molar-refractivity contribution < 1.29 is 17.9 Å². The summed E-state index contributed by atoms with van der Waals surface area (Å²) in [6.07, 6.45) is 9.29. The molecule has 1 amide bonds. The number of nitrogens with one attached hydrogen (secondary N) is 1. The summed E-state index contributed by atoms with van der Waals surface area (Å²) in [6, 6.07) is 4.90. The third kappa shape index (κ3) is 4.57. The predicted molar refractivity (Wildman–Crippen MR) is 118 cm³/mol. The number of hydrogen-bond acceptors (Lipinski definition) is 4. The summed E-state index contributed by atoms with van der Waals surface area (Å²) in [5, 5.41) is 3.71. The van der Waals surface area contributed by atoms with Gasteiger partial charge >= 0.3 is 0 Å². The Morgan fingerprint density at radius 2 is 1.80 bits per heavy atom. The third-order valence-electron chi connectivity index (χ3n) is 7.03. The molecule has 1 aromatic carbocycles. The molecule has 0 saturated heterocycles. The van der Waals surface area contributed by atoms with E-state index in [-0.39, 0.29) is 18.0 Å². The summed E-state index contributed by atoms with van der Waals surface area (Å²) in [7, 11) is -1.98. The Morgan fingerprint density at radius 3 is 2.30 bits per heavy atom. The van der Waals surface area contributed by atoms with Gasteiger partial charge in [0.1, 0.15) is 5.75 Å². The van der Waals surface area contributed by atoms with Crippen LogP contribution in [0.5, 0.6) is 5.75 Å². The summed E-state index contributed by atoms with van der Waals surface area (Å²) in [4.78, 5) is 12.7. The van der Waals surface area contributed by atoms with E-state index in [0.717, 1.165) is 37.0 Å². The van der Waals surface area contributed by atoms with E-state index in [9.17, 15) is 13.2 Å². The molecule has 166 valence electrons. The van der Waals surface area contributed by atoms with Crippen LogP contribution in [0, 0.1) is 17.8 Å². The van der Waals surface area contributed by atoms with Crippen molar-refractivity contribution in [1.29, 1.82) is 0 Å². The Labute approximate surface area is 184 Å². The van der Waals surface area contributed by atoms with Crippen molar-refractivity contribution in [2.45, 2.75) is 56.9 Å². The van der Waals surface area contributed by atoms with Crippen LogP contribution in [-0.2, 0) is 14.8 Å². The lowest BCUT2D eigenvalue weighted by Gasteiger charge is -2.56. The standard InChI is InChI=1S/C22H31ClN2O4S/c1-29-20-6-5-18(11-19(20)23)25(30(2,27)28)7-3-4-21(26)24-22-12-15-8-16(13-22)10-17(9-15)14-22/h5-6,11,15-17H,3-4,7-10,12-14H2,1-2H3,(H,24,26). The maximum Gasteiger partial charge on any atom is 0.232 e. The van der Waals surface area contributed by atoms with Gasteiger partial charge in [0.2, 0.25) is 15.9 Å². The SMILES string of the molecule is COc1ccc(N(CCCC(=O)NC23CC4CC(CC(C4)C2)C3)S(C)(=O)=O)cc1Cl. The number of nitrogens with zero attached hydrogens (tertiary/aromatic N) is 1. The fourth-order valence-corrected chi connectivity index (χ4v) is 7.51. The first-order chi connectivity index (χ1) is 14.2. The lowest BCUT2D eigenvalue weighted by Crippen LogP contribution is -2.59. The Kier molecular flexibility index (Phi) is 5.96. The third-order valence-corrected chi connectivity index (χ3v) is 8.52. The van der Waals surface area contributed by atoms with E-state index in [0.29, 0.717) is 29.3 Å². The molecule has 4 aliphatic rings. The molecule has 8 heteroatoms. The van der Waals surface area contributed by atoms with Crippen LogP contribution in [0.25, 0.3) is 0 Å². The van der Waals surface area contributed by atoms with Crippen LogP contribution in [0.2, 0.25) is 5.02 Å². The number of halogens is 1. The molecule has 4 fully saturated rings. The molecule has 4 bridgehead atoms. The number of rotatable bonds is 8. The summed E-state index contributed by atoms with van der Waals surface area (Å²) in [6.45, 7) is 0.232. The van der Waals surface area contributed by atoms with Crippen LogP contribution in [0.15, 0.2) is 18.2 Å². The van der Waals surface area contributed by atoms with Crippen molar-refractivity contribution in [1.82, 2.24) is 5.32 Å². The largest absolute Gasteiger partial charge is 0.495 e. The second kappa shape index (κ2) is 8.23. The van der Waals surface area contributed by atoms with Gasteiger partial charge in [-0.15, -0.1) is 0 Å². The molecule has 30 heavy (non-hydrogen) atoms. The molecule has 1 N–H and O–H groups in total. The maximum absolute atomic E-state index is 12.7. The highest BCUT2D eigenvalue weighted by molar-refractivity contribution is 7.92. The van der Waals surface area contributed by atoms with E-state index in [4.69, 9.17) is 16.3 Å². The molecule has 0 spiro atoms. The van der Waals surface area contributed by atoms with E-state index in [1.807, 2.05) is 0 Å². The number of sulfonamides is 1. The Balaban J connectivity index is 1.35. The van der Waals surface area contributed by atoms with Gasteiger partial charge in [0.05, 0.1) is 24.1 Å². The Bertz CT molecular complexity index is 882. The Morgan fingerprint density at radius 1 is 1.20 bits per heavy atom. The molecule has 6 nitrogen and oxygen atoms in total. The zero-order valence-corrected chi connectivity index (χ0v) is 19.3. The lowest BCUT2D eigenvalue weighted by atomic mass is 9.53. The summed E-state index contributed by atoms with van der Waals surface area (Å²) >= 11 is 6.17. The molecule has 0 aliphatic heterocycles. The van der Waals surface area contributed by atoms with Crippen LogP contribution in [-0.4, -0.2) is 39.8 Å². The minimum Gasteiger partial charge on any atom is -0.495 e. The van der Waals surface area contributed by atoms with Crippen molar-refractivity contribution >= 4 is 33.2 Å². The molecule has 4 saturated carbocycles. The molecule has 0 radical (unpaired) electrons. The highest BCUT2D eigenvalue weighted by Gasteiger charge is 2.51. The lowest BCUT2D eigenvalue weighted by molar-refractivity contribution is -0.126. The first kappa shape index (κ1) is 21.8. The quantitative estimate of drug-likeness (QED) is 0.644. The minimum atomic E-state index is -3.49.